The molecule has 0 radical (unpaired) electrons. The summed E-state index contributed by atoms with van der Waals surface area (Å²) in [7, 11) is 0. The third-order valence-corrected chi connectivity index (χ3v) is 5.79. The number of nitrogens with one attached hydrogen (secondary N) is 1. The average Bonchev–Trinajstić information content (AvgIpc) is 2.50. The van der Waals surface area contributed by atoms with Crippen molar-refractivity contribution in [1.29, 1.82) is 0 Å². The van der Waals surface area contributed by atoms with Gasteiger partial charge in [-0.25, -0.2) is 0 Å². The number of likely N-dealkylation sites (tertiary alicyclic amines) is 1. The van der Waals surface area contributed by atoms with Gasteiger partial charge >= 0.3 is 0 Å². The maximum Gasteiger partial charge on any atom is 0.238 e. The molecule has 114 valence electrons. The maximum absolute atomic E-state index is 12.4. The molecule has 1 aliphatic heterocycles. The van der Waals surface area contributed by atoms with Gasteiger partial charge in [-0.05, 0) is 72.9 Å². The normalized spacial score (nSPS) is 26.1. The molecule has 1 N–H and O–H groups in total. The lowest BCUT2D eigenvalue weighted by atomic mass is 9.78. The third kappa shape index (κ3) is 3.77. The first kappa shape index (κ1) is 15.3. The van der Waals surface area contributed by atoms with Gasteiger partial charge in [0.25, 0.3) is 0 Å². The minimum atomic E-state index is 0.130. The summed E-state index contributed by atoms with van der Waals surface area (Å²) in [6.07, 6.45) is 7.95. The number of benzene rings is 1. The summed E-state index contributed by atoms with van der Waals surface area (Å²) >= 11 is 2.27. The largest absolute Gasteiger partial charge is 0.324 e. The Balaban J connectivity index is 1.60. The molecule has 3 nitrogen and oxygen atoms in total. The van der Waals surface area contributed by atoms with Crippen molar-refractivity contribution in [3.8, 4) is 0 Å². The molecule has 0 unspecified atom stereocenters. The Bertz CT molecular complexity index is 503. The fraction of sp³-hybridized carbons (Fsp3) is 0.588. The van der Waals surface area contributed by atoms with Crippen LogP contribution in [0.5, 0.6) is 0 Å². The van der Waals surface area contributed by atoms with Crippen molar-refractivity contribution in [2.75, 3.05) is 18.4 Å². The van der Waals surface area contributed by atoms with Gasteiger partial charge in [0.15, 0.2) is 0 Å². The van der Waals surface area contributed by atoms with E-state index in [1.807, 2.05) is 24.3 Å². The fourth-order valence-electron chi connectivity index (χ4n) is 3.86. The molecule has 2 atom stereocenters. The number of anilines is 1. The number of piperidine rings is 1. The Labute approximate surface area is 140 Å². The van der Waals surface area contributed by atoms with Crippen molar-refractivity contribution in [2.45, 2.75) is 44.6 Å². The minimum absolute atomic E-state index is 0.130. The van der Waals surface area contributed by atoms with Crippen molar-refractivity contribution < 1.29 is 4.79 Å². The summed E-state index contributed by atoms with van der Waals surface area (Å²) in [4.78, 5) is 14.8. The standard InChI is InChI=1S/C17H23IN2O/c18-14-8-2-3-9-15(14)19-17(21)12-20-11-5-7-13-6-1-4-10-16(13)20/h2-3,8-9,13,16H,1,4-7,10-12H2,(H,19,21)/t13-,16-/m0/s1. The molecule has 1 aliphatic carbocycles. The number of para-hydroxylation sites is 1. The van der Waals surface area contributed by atoms with Gasteiger partial charge in [-0.2, -0.15) is 0 Å². The molecule has 0 spiro atoms. The van der Waals surface area contributed by atoms with E-state index in [9.17, 15) is 4.79 Å². The molecule has 2 aliphatic rings. The van der Waals surface area contributed by atoms with Crippen LogP contribution >= 0.6 is 22.6 Å². The van der Waals surface area contributed by atoms with Gasteiger partial charge in [0.2, 0.25) is 5.91 Å². The number of hydrogen-bond donors (Lipinski definition) is 1. The van der Waals surface area contributed by atoms with Crippen molar-refractivity contribution in [3.05, 3.63) is 27.8 Å². The van der Waals surface area contributed by atoms with Crippen LogP contribution < -0.4 is 5.32 Å². The molecule has 0 aromatic heterocycles. The van der Waals surface area contributed by atoms with Crippen molar-refractivity contribution >= 4 is 34.2 Å². The lowest BCUT2D eigenvalue weighted by Gasteiger charge is -2.43. The first-order valence-corrected chi connectivity index (χ1v) is 9.10. The third-order valence-electron chi connectivity index (χ3n) is 4.85. The van der Waals surface area contributed by atoms with E-state index in [2.05, 4.69) is 32.8 Å². The van der Waals surface area contributed by atoms with E-state index < -0.39 is 0 Å². The lowest BCUT2D eigenvalue weighted by Crippen LogP contribution is -2.49. The summed E-state index contributed by atoms with van der Waals surface area (Å²) in [5.41, 5.74) is 0.931. The highest BCUT2D eigenvalue weighted by Gasteiger charge is 2.33. The quantitative estimate of drug-likeness (QED) is 0.784. The van der Waals surface area contributed by atoms with E-state index in [1.54, 1.807) is 0 Å². The summed E-state index contributed by atoms with van der Waals surface area (Å²) in [6.45, 7) is 1.63. The number of carbonyl (C=O) groups excluding carboxylic acids is 1. The maximum atomic E-state index is 12.4. The van der Waals surface area contributed by atoms with Crippen LogP contribution in [0.15, 0.2) is 24.3 Å². The van der Waals surface area contributed by atoms with Crippen molar-refractivity contribution in [2.24, 2.45) is 5.92 Å². The van der Waals surface area contributed by atoms with E-state index in [0.29, 0.717) is 12.6 Å². The highest BCUT2D eigenvalue weighted by molar-refractivity contribution is 14.1. The van der Waals surface area contributed by atoms with E-state index in [1.165, 1.54) is 38.5 Å². The molecule has 4 heteroatoms. The number of rotatable bonds is 3. The molecule has 1 aromatic rings. The molecule has 0 bridgehead atoms. The molecule has 1 saturated heterocycles. The second kappa shape index (κ2) is 7.09. The topological polar surface area (TPSA) is 32.3 Å². The smallest absolute Gasteiger partial charge is 0.238 e. The summed E-state index contributed by atoms with van der Waals surface area (Å²) in [6, 6.07) is 8.60. The Hall–Kier alpha value is -0.620. The Morgan fingerprint density at radius 3 is 2.81 bits per heavy atom. The van der Waals surface area contributed by atoms with Gasteiger partial charge in [0, 0.05) is 9.61 Å². The predicted molar refractivity (Wildman–Crippen MR) is 94.3 cm³/mol. The number of amides is 1. The van der Waals surface area contributed by atoms with Crippen LogP contribution in [-0.2, 0) is 4.79 Å². The van der Waals surface area contributed by atoms with Crippen LogP contribution in [0.4, 0.5) is 5.69 Å². The molecular formula is C17H23IN2O. The van der Waals surface area contributed by atoms with Crippen LogP contribution in [0, 0.1) is 9.49 Å². The van der Waals surface area contributed by atoms with Crippen LogP contribution in [-0.4, -0.2) is 29.9 Å². The Morgan fingerprint density at radius 2 is 1.95 bits per heavy atom. The minimum Gasteiger partial charge on any atom is -0.324 e. The number of nitrogens with zero attached hydrogens (tertiary/aromatic N) is 1. The fourth-order valence-corrected chi connectivity index (χ4v) is 4.38. The van der Waals surface area contributed by atoms with E-state index in [4.69, 9.17) is 0 Å². The molecule has 1 heterocycles. The highest BCUT2D eigenvalue weighted by Crippen LogP contribution is 2.35. The zero-order valence-corrected chi connectivity index (χ0v) is 14.5. The van der Waals surface area contributed by atoms with Gasteiger partial charge in [-0.1, -0.05) is 25.0 Å². The molecule has 1 amide bonds. The zero-order chi connectivity index (χ0) is 14.7. The summed E-state index contributed by atoms with van der Waals surface area (Å²) in [5.74, 6) is 0.961. The SMILES string of the molecule is O=C(CN1CCC[C@@H]2CCCC[C@@H]21)Nc1ccccc1I. The first-order chi connectivity index (χ1) is 10.2. The zero-order valence-electron chi connectivity index (χ0n) is 12.4. The monoisotopic (exact) mass is 398 g/mol. The van der Waals surface area contributed by atoms with Gasteiger partial charge < -0.3 is 5.32 Å². The van der Waals surface area contributed by atoms with Crippen LogP contribution in [0.3, 0.4) is 0 Å². The van der Waals surface area contributed by atoms with Crippen LogP contribution in [0.2, 0.25) is 0 Å². The number of hydrogen-bond acceptors (Lipinski definition) is 2. The second-order valence-corrected chi connectivity index (χ2v) is 7.41. The molecule has 1 saturated carbocycles. The molecule has 1 aromatic carbocycles. The highest BCUT2D eigenvalue weighted by atomic mass is 127. The van der Waals surface area contributed by atoms with Gasteiger partial charge in [-0.15, -0.1) is 0 Å². The van der Waals surface area contributed by atoms with Crippen molar-refractivity contribution in [1.82, 2.24) is 4.90 Å². The van der Waals surface area contributed by atoms with E-state index in [-0.39, 0.29) is 5.91 Å². The second-order valence-electron chi connectivity index (χ2n) is 6.25. The first-order valence-electron chi connectivity index (χ1n) is 8.02. The van der Waals surface area contributed by atoms with E-state index in [0.717, 1.165) is 21.7 Å². The van der Waals surface area contributed by atoms with Gasteiger partial charge in [-0.3, -0.25) is 9.69 Å². The van der Waals surface area contributed by atoms with Gasteiger partial charge in [0.1, 0.15) is 0 Å². The van der Waals surface area contributed by atoms with Crippen LogP contribution in [0.25, 0.3) is 0 Å². The van der Waals surface area contributed by atoms with Gasteiger partial charge in [0.05, 0.1) is 12.2 Å². The van der Waals surface area contributed by atoms with Crippen molar-refractivity contribution in [3.63, 3.8) is 0 Å². The lowest BCUT2D eigenvalue weighted by molar-refractivity contribution is -0.118. The van der Waals surface area contributed by atoms with Crippen LogP contribution in [0.1, 0.15) is 38.5 Å². The van der Waals surface area contributed by atoms with E-state index >= 15 is 0 Å². The average molecular weight is 398 g/mol. The number of halogens is 1. The molecule has 2 fully saturated rings. The molecular weight excluding hydrogens is 375 g/mol. The molecule has 3 rings (SSSR count). The summed E-state index contributed by atoms with van der Waals surface area (Å²) < 4.78 is 1.10. The summed E-state index contributed by atoms with van der Waals surface area (Å²) in [5, 5.41) is 3.06. The Kier molecular flexibility index (Phi) is 5.16. The predicted octanol–water partition coefficient (Wildman–Crippen LogP) is 3.88. The molecule has 21 heavy (non-hydrogen) atoms. The number of carbonyl (C=O) groups is 1. The Morgan fingerprint density at radius 1 is 1.19 bits per heavy atom. The number of fused-ring (bicyclic) bond motifs is 1.